The Morgan fingerprint density at radius 2 is 2.07 bits per heavy atom. The Balaban J connectivity index is 3.38. The molecule has 0 fully saturated rings. The van der Waals surface area contributed by atoms with E-state index in [9.17, 15) is 5.11 Å². The maximum absolute atomic E-state index is 9.75. The summed E-state index contributed by atoms with van der Waals surface area (Å²) in [6, 6.07) is 1.01. The second-order valence-corrected chi connectivity index (χ2v) is 3.57. The second kappa shape index (κ2) is 4.51. The van der Waals surface area contributed by atoms with E-state index in [0.29, 0.717) is 11.3 Å². The molecule has 15 heavy (non-hydrogen) atoms. The fraction of sp³-hybridized carbons (Fsp3) is 0.455. The Kier molecular flexibility index (Phi) is 3.55. The number of aliphatic hydroxyl groups excluding tert-OH is 1. The highest BCUT2D eigenvalue weighted by molar-refractivity contribution is 5.53. The first-order chi connectivity index (χ1) is 7.02. The lowest BCUT2D eigenvalue weighted by Crippen LogP contribution is -2.16. The minimum absolute atomic E-state index is 0.104. The summed E-state index contributed by atoms with van der Waals surface area (Å²) in [7, 11) is 1.57. The number of aryl methyl sites for hydroxylation is 1. The van der Waals surface area contributed by atoms with Crippen LogP contribution in [0.4, 0.5) is 0 Å². The SMILES string of the molecule is COc1c(C)cc(O)c([C@@H](N)CO)c1C. The summed E-state index contributed by atoms with van der Waals surface area (Å²) in [4.78, 5) is 0. The molecule has 1 aromatic rings. The van der Waals surface area contributed by atoms with Crippen LogP contribution in [0.15, 0.2) is 6.07 Å². The number of aliphatic hydroxyl groups is 1. The van der Waals surface area contributed by atoms with Crippen molar-refractivity contribution in [1.29, 1.82) is 0 Å². The highest BCUT2D eigenvalue weighted by atomic mass is 16.5. The van der Waals surface area contributed by atoms with Crippen molar-refractivity contribution in [3.8, 4) is 11.5 Å². The van der Waals surface area contributed by atoms with Gasteiger partial charge in [-0.15, -0.1) is 0 Å². The maximum Gasteiger partial charge on any atom is 0.125 e. The largest absolute Gasteiger partial charge is 0.508 e. The summed E-state index contributed by atoms with van der Waals surface area (Å²) in [5.41, 5.74) is 7.87. The van der Waals surface area contributed by atoms with Gasteiger partial charge in [0.15, 0.2) is 0 Å². The maximum atomic E-state index is 9.75. The van der Waals surface area contributed by atoms with Gasteiger partial charge in [-0.05, 0) is 31.0 Å². The molecule has 0 saturated carbocycles. The number of hydrogen-bond donors (Lipinski definition) is 3. The van der Waals surface area contributed by atoms with Crippen LogP contribution >= 0.6 is 0 Å². The second-order valence-electron chi connectivity index (χ2n) is 3.57. The zero-order valence-electron chi connectivity index (χ0n) is 9.24. The smallest absolute Gasteiger partial charge is 0.125 e. The first-order valence-electron chi connectivity index (χ1n) is 4.76. The van der Waals surface area contributed by atoms with Gasteiger partial charge in [-0.25, -0.2) is 0 Å². The van der Waals surface area contributed by atoms with E-state index in [1.807, 2.05) is 13.8 Å². The number of phenols is 1. The van der Waals surface area contributed by atoms with Crippen LogP contribution in [-0.4, -0.2) is 23.9 Å². The highest BCUT2D eigenvalue weighted by Gasteiger charge is 2.18. The fourth-order valence-electron chi connectivity index (χ4n) is 1.83. The molecule has 1 atom stereocenters. The Labute approximate surface area is 89.3 Å². The molecule has 1 aromatic carbocycles. The average molecular weight is 211 g/mol. The fourth-order valence-corrected chi connectivity index (χ4v) is 1.83. The van der Waals surface area contributed by atoms with Crippen molar-refractivity contribution < 1.29 is 14.9 Å². The van der Waals surface area contributed by atoms with E-state index in [1.165, 1.54) is 0 Å². The van der Waals surface area contributed by atoms with E-state index >= 15 is 0 Å². The average Bonchev–Trinajstić information content (AvgIpc) is 2.17. The topological polar surface area (TPSA) is 75.7 Å². The van der Waals surface area contributed by atoms with Crippen molar-refractivity contribution in [2.24, 2.45) is 5.73 Å². The number of phenolic OH excluding ortho intramolecular Hbond substituents is 1. The first-order valence-corrected chi connectivity index (χ1v) is 4.76. The quantitative estimate of drug-likeness (QED) is 0.697. The van der Waals surface area contributed by atoms with Gasteiger partial charge in [0.05, 0.1) is 19.8 Å². The molecule has 0 aliphatic rings. The van der Waals surface area contributed by atoms with Gasteiger partial charge in [0.2, 0.25) is 0 Å². The molecule has 0 radical (unpaired) electrons. The summed E-state index contributed by atoms with van der Waals surface area (Å²) in [5, 5.41) is 18.7. The summed E-state index contributed by atoms with van der Waals surface area (Å²) >= 11 is 0. The van der Waals surface area contributed by atoms with Crippen LogP contribution < -0.4 is 10.5 Å². The Bertz CT molecular complexity index is 363. The third-order valence-corrected chi connectivity index (χ3v) is 2.50. The van der Waals surface area contributed by atoms with Crippen LogP contribution in [0.25, 0.3) is 0 Å². The summed E-state index contributed by atoms with van der Waals surface area (Å²) in [6.45, 7) is 3.46. The zero-order chi connectivity index (χ0) is 11.6. The summed E-state index contributed by atoms with van der Waals surface area (Å²) in [6.07, 6.45) is 0. The van der Waals surface area contributed by atoms with Gasteiger partial charge in [0.1, 0.15) is 11.5 Å². The van der Waals surface area contributed by atoms with E-state index < -0.39 is 6.04 Å². The molecule has 4 nitrogen and oxygen atoms in total. The van der Waals surface area contributed by atoms with Gasteiger partial charge in [-0.3, -0.25) is 0 Å². The van der Waals surface area contributed by atoms with Crippen molar-refractivity contribution >= 4 is 0 Å². The predicted molar refractivity (Wildman–Crippen MR) is 58.1 cm³/mol. The summed E-state index contributed by atoms with van der Waals surface area (Å²) < 4.78 is 5.22. The number of nitrogens with two attached hydrogens (primary N) is 1. The Morgan fingerprint density at radius 1 is 1.47 bits per heavy atom. The molecule has 0 bridgehead atoms. The molecule has 0 aliphatic heterocycles. The third-order valence-electron chi connectivity index (χ3n) is 2.50. The number of aromatic hydroxyl groups is 1. The molecule has 4 heteroatoms. The lowest BCUT2D eigenvalue weighted by atomic mass is 9.97. The monoisotopic (exact) mass is 211 g/mol. The molecular formula is C11H17NO3. The van der Waals surface area contributed by atoms with Crippen molar-refractivity contribution in [1.82, 2.24) is 0 Å². The van der Waals surface area contributed by atoms with E-state index in [-0.39, 0.29) is 12.4 Å². The normalized spacial score (nSPS) is 12.6. The van der Waals surface area contributed by atoms with E-state index in [4.69, 9.17) is 15.6 Å². The van der Waals surface area contributed by atoms with Gasteiger partial charge < -0.3 is 20.7 Å². The molecule has 84 valence electrons. The molecule has 0 saturated heterocycles. The minimum atomic E-state index is -0.584. The van der Waals surface area contributed by atoms with Gasteiger partial charge in [-0.2, -0.15) is 0 Å². The number of ether oxygens (including phenoxy) is 1. The molecule has 0 aromatic heterocycles. The first kappa shape index (κ1) is 11.8. The van der Waals surface area contributed by atoms with Crippen molar-refractivity contribution in [3.63, 3.8) is 0 Å². The lowest BCUT2D eigenvalue weighted by Gasteiger charge is -2.18. The molecular weight excluding hydrogens is 194 g/mol. The van der Waals surface area contributed by atoms with Crippen LogP contribution in [0.3, 0.4) is 0 Å². The third kappa shape index (κ3) is 2.06. The molecule has 1 rings (SSSR count). The Morgan fingerprint density at radius 3 is 2.53 bits per heavy atom. The minimum Gasteiger partial charge on any atom is -0.508 e. The molecule has 0 heterocycles. The lowest BCUT2D eigenvalue weighted by molar-refractivity contribution is 0.264. The van der Waals surface area contributed by atoms with Crippen LogP contribution in [-0.2, 0) is 0 Å². The van der Waals surface area contributed by atoms with Crippen LogP contribution in [0.5, 0.6) is 11.5 Å². The molecule has 0 spiro atoms. The summed E-state index contributed by atoms with van der Waals surface area (Å²) in [5.74, 6) is 0.805. The number of hydrogen-bond acceptors (Lipinski definition) is 4. The van der Waals surface area contributed by atoms with Crippen LogP contribution in [0, 0.1) is 13.8 Å². The van der Waals surface area contributed by atoms with Crippen molar-refractivity contribution in [3.05, 3.63) is 22.8 Å². The van der Waals surface area contributed by atoms with Crippen molar-refractivity contribution in [2.45, 2.75) is 19.9 Å². The predicted octanol–water partition coefficient (Wildman–Crippen LogP) is 1.01. The van der Waals surface area contributed by atoms with Crippen molar-refractivity contribution in [2.75, 3.05) is 13.7 Å². The number of rotatable bonds is 3. The number of methoxy groups -OCH3 is 1. The zero-order valence-corrected chi connectivity index (χ0v) is 9.24. The van der Waals surface area contributed by atoms with Crippen LogP contribution in [0.1, 0.15) is 22.7 Å². The van der Waals surface area contributed by atoms with E-state index in [1.54, 1.807) is 13.2 Å². The Hall–Kier alpha value is -1.26. The van der Waals surface area contributed by atoms with Gasteiger partial charge in [0.25, 0.3) is 0 Å². The molecule has 4 N–H and O–H groups in total. The van der Waals surface area contributed by atoms with Crippen LogP contribution in [0.2, 0.25) is 0 Å². The van der Waals surface area contributed by atoms with Gasteiger partial charge in [0, 0.05) is 5.56 Å². The molecule has 0 unspecified atom stereocenters. The highest BCUT2D eigenvalue weighted by Crippen LogP contribution is 2.35. The van der Waals surface area contributed by atoms with E-state index in [2.05, 4.69) is 0 Å². The molecule has 0 amide bonds. The van der Waals surface area contributed by atoms with Gasteiger partial charge >= 0.3 is 0 Å². The standard InChI is InChI=1S/C11H17NO3/c1-6-4-9(14)10(8(12)5-13)7(2)11(6)15-3/h4,8,13-14H,5,12H2,1-3H3/t8-/m0/s1. The van der Waals surface area contributed by atoms with Gasteiger partial charge in [-0.1, -0.05) is 0 Å². The van der Waals surface area contributed by atoms with E-state index in [0.717, 1.165) is 11.1 Å². The number of benzene rings is 1. The molecule has 0 aliphatic carbocycles.